The number of nitrogens with two attached hydrogens (primary N) is 1. The van der Waals surface area contributed by atoms with Crippen LogP contribution >= 0.6 is 23.1 Å². The Morgan fingerprint density at radius 3 is 2.59 bits per heavy atom. The summed E-state index contributed by atoms with van der Waals surface area (Å²) in [6, 6.07) is 2.08. The van der Waals surface area contributed by atoms with Crippen molar-refractivity contribution < 1.29 is 0 Å². The Morgan fingerprint density at radius 1 is 1.24 bits per heavy atom. The predicted octanol–water partition coefficient (Wildman–Crippen LogP) is 3.07. The van der Waals surface area contributed by atoms with Gasteiger partial charge >= 0.3 is 0 Å². The first-order valence-electron chi connectivity index (χ1n) is 5.37. The normalized spacial score (nSPS) is 10.8. The molecule has 0 aliphatic rings. The van der Waals surface area contributed by atoms with Gasteiger partial charge in [0, 0.05) is 39.5 Å². The second kappa shape index (κ2) is 5.16. The van der Waals surface area contributed by atoms with Gasteiger partial charge in [0.05, 0.1) is 0 Å². The zero-order chi connectivity index (χ0) is 12.4. The van der Waals surface area contributed by atoms with E-state index in [1.54, 1.807) is 23.1 Å². The number of rotatable bonds is 3. The van der Waals surface area contributed by atoms with Crippen LogP contribution in [0.25, 0.3) is 0 Å². The van der Waals surface area contributed by atoms with Crippen LogP contribution in [-0.2, 0) is 6.54 Å². The van der Waals surface area contributed by atoms with Crippen molar-refractivity contribution in [2.24, 2.45) is 5.73 Å². The monoisotopic (exact) mass is 265 g/mol. The van der Waals surface area contributed by atoms with Crippen LogP contribution in [0.3, 0.4) is 0 Å². The summed E-state index contributed by atoms with van der Waals surface area (Å²) < 4.78 is 1.06. The summed E-state index contributed by atoms with van der Waals surface area (Å²) in [7, 11) is 0. The van der Waals surface area contributed by atoms with E-state index in [0.717, 1.165) is 27.0 Å². The molecule has 0 bridgehead atoms. The third-order valence-electron chi connectivity index (χ3n) is 2.42. The average Bonchev–Trinajstić information content (AvgIpc) is 2.63. The molecule has 0 unspecified atom stereocenters. The van der Waals surface area contributed by atoms with E-state index in [1.165, 1.54) is 4.90 Å². The van der Waals surface area contributed by atoms with Crippen molar-refractivity contribution in [1.82, 2.24) is 9.97 Å². The molecular weight excluding hydrogens is 250 g/mol. The molecule has 3 nitrogen and oxygen atoms in total. The number of thiazole rings is 1. The van der Waals surface area contributed by atoms with Crippen molar-refractivity contribution in [2.45, 2.75) is 36.6 Å². The molecule has 0 amide bonds. The Bertz CT molecular complexity index is 535. The highest BCUT2D eigenvalue weighted by atomic mass is 32.2. The van der Waals surface area contributed by atoms with Gasteiger partial charge < -0.3 is 5.73 Å². The van der Waals surface area contributed by atoms with Crippen molar-refractivity contribution in [3.8, 4) is 0 Å². The van der Waals surface area contributed by atoms with Gasteiger partial charge in [0.2, 0.25) is 0 Å². The lowest BCUT2D eigenvalue weighted by molar-refractivity contribution is 0.944. The quantitative estimate of drug-likeness (QED) is 0.926. The number of aromatic nitrogens is 2. The van der Waals surface area contributed by atoms with Crippen LogP contribution in [0.2, 0.25) is 0 Å². The van der Waals surface area contributed by atoms with Crippen molar-refractivity contribution in [2.75, 3.05) is 0 Å². The van der Waals surface area contributed by atoms with E-state index in [9.17, 15) is 0 Å². The van der Waals surface area contributed by atoms with E-state index in [1.807, 2.05) is 20.8 Å². The first-order valence-corrected chi connectivity index (χ1v) is 7.07. The fraction of sp³-hybridized carbons (Fsp3) is 0.333. The van der Waals surface area contributed by atoms with Gasteiger partial charge in [-0.2, -0.15) is 0 Å². The SMILES string of the molecule is Cc1csc(Sc2cc(C)nc(C)c2CN)n1. The minimum absolute atomic E-state index is 0.520. The molecule has 17 heavy (non-hydrogen) atoms. The smallest absolute Gasteiger partial charge is 0.154 e. The fourth-order valence-corrected chi connectivity index (χ4v) is 3.72. The number of nitrogens with zero attached hydrogens (tertiary/aromatic N) is 2. The predicted molar refractivity (Wildman–Crippen MR) is 72.6 cm³/mol. The minimum Gasteiger partial charge on any atom is -0.326 e. The second-order valence-corrected chi connectivity index (χ2v) is 6.03. The zero-order valence-corrected chi connectivity index (χ0v) is 11.8. The molecule has 90 valence electrons. The summed E-state index contributed by atoms with van der Waals surface area (Å²) in [4.78, 5) is 10.1. The first kappa shape index (κ1) is 12.5. The van der Waals surface area contributed by atoms with Crippen LogP contribution in [0, 0.1) is 20.8 Å². The molecule has 0 aliphatic heterocycles. The number of pyridine rings is 1. The molecular formula is C12H15N3S2. The Kier molecular flexibility index (Phi) is 3.81. The highest BCUT2D eigenvalue weighted by molar-refractivity contribution is 8.01. The van der Waals surface area contributed by atoms with Crippen LogP contribution in [0.4, 0.5) is 0 Å². The second-order valence-electron chi connectivity index (χ2n) is 3.89. The maximum absolute atomic E-state index is 5.79. The third-order valence-corrected chi connectivity index (χ3v) is 4.56. The van der Waals surface area contributed by atoms with E-state index in [0.29, 0.717) is 6.54 Å². The van der Waals surface area contributed by atoms with Gasteiger partial charge in [-0.15, -0.1) is 11.3 Å². The maximum Gasteiger partial charge on any atom is 0.154 e. The van der Waals surface area contributed by atoms with Crippen LogP contribution < -0.4 is 5.73 Å². The molecule has 0 spiro atoms. The maximum atomic E-state index is 5.79. The summed E-state index contributed by atoms with van der Waals surface area (Å²) >= 11 is 3.34. The topological polar surface area (TPSA) is 51.8 Å². The Labute approximate surface area is 109 Å². The van der Waals surface area contributed by atoms with Crippen LogP contribution in [-0.4, -0.2) is 9.97 Å². The molecule has 0 saturated heterocycles. The lowest BCUT2D eigenvalue weighted by atomic mass is 10.2. The van der Waals surface area contributed by atoms with E-state index in [2.05, 4.69) is 21.4 Å². The van der Waals surface area contributed by atoms with Gasteiger partial charge in [-0.3, -0.25) is 4.98 Å². The lowest BCUT2D eigenvalue weighted by Gasteiger charge is -2.09. The zero-order valence-electron chi connectivity index (χ0n) is 10.2. The Balaban J connectivity index is 2.37. The first-order chi connectivity index (χ1) is 8.10. The molecule has 0 radical (unpaired) electrons. The molecule has 2 aromatic rings. The van der Waals surface area contributed by atoms with Crippen molar-refractivity contribution in [3.05, 3.63) is 34.1 Å². The van der Waals surface area contributed by atoms with E-state index in [4.69, 9.17) is 5.73 Å². The van der Waals surface area contributed by atoms with Crippen molar-refractivity contribution >= 4 is 23.1 Å². The van der Waals surface area contributed by atoms with Gasteiger partial charge in [-0.25, -0.2) is 4.98 Å². The molecule has 5 heteroatoms. The van der Waals surface area contributed by atoms with E-state index >= 15 is 0 Å². The summed E-state index contributed by atoms with van der Waals surface area (Å²) in [5.41, 5.74) is 10.0. The largest absolute Gasteiger partial charge is 0.326 e. The van der Waals surface area contributed by atoms with Gasteiger partial charge in [0.1, 0.15) is 0 Å². The molecule has 2 heterocycles. The highest BCUT2D eigenvalue weighted by Crippen LogP contribution is 2.33. The molecule has 0 atom stereocenters. The number of aryl methyl sites for hydroxylation is 3. The van der Waals surface area contributed by atoms with E-state index < -0.39 is 0 Å². The third kappa shape index (κ3) is 2.86. The highest BCUT2D eigenvalue weighted by Gasteiger charge is 2.10. The van der Waals surface area contributed by atoms with Gasteiger partial charge in [-0.1, -0.05) is 11.8 Å². The molecule has 0 saturated carbocycles. The van der Waals surface area contributed by atoms with Gasteiger partial charge in [0.25, 0.3) is 0 Å². The fourth-order valence-electron chi connectivity index (χ4n) is 1.63. The summed E-state index contributed by atoms with van der Waals surface area (Å²) in [6.07, 6.45) is 0. The molecule has 2 N–H and O–H groups in total. The van der Waals surface area contributed by atoms with Crippen LogP contribution in [0.15, 0.2) is 20.7 Å². The summed E-state index contributed by atoms with van der Waals surface area (Å²) in [5.74, 6) is 0. The summed E-state index contributed by atoms with van der Waals surface area (Å²) in [5, 5.41) is 2.06. The van der Waals surface area contributed by atoms with E-state index in [-0.39, 0.29) is 0 Å². The van der Waals surface area contributed by atoms with Crippen LogP contribution in [0.1, 0.15) is 22.6 Å². The Hall–Kier alpha value is -0.910. The standard InChI is InChI=1S/C12H15N3S2/c1-7-4-11(10(5-13)9(3)14-7)17-12-15-8(2)6-16-12/h4,6H,5,13H2,1-3H3. The molecule has 0 aliphatic carbocycles. The van der Waals surface area contributed by atoms with Crippen LogP contribution in [0.5, 0.6) is 0 Å². The van der Waals surface area contributed by atoms with Crippen molar-refractivity contribution in [3.63, 3.8) is 0 Å². The van der Waals surface area contributed by atoms with Gasteiger partial charge in [-0.05, 0) is 26.8 Å². The molecule has 2 rings (SSSR count). The number of hydrogen-bond acceptors (Lipinski definition) is 5. The average molecular weight is 265 g/mol. The minimum atomic E-state index is 0.520. The molecule has 2 aromatic heterocycles. The summed E-state index contributed by atoms with van der Waals surface area (Å²) in [6.45, 7) is 6.54. The lowest BCUT2D eigenvalue weighted by Crippen LogP contribution is -2.04. The molecule has 0 fully saturated rings. The van der Waals surface area contributed by atoms with Crippen molar-refractivity contribution in [1.29, 1.82) is 0 Å². The van der Waals surface area contributed by atoms with Gasteiger partial charge in [0.15, 0.2) is 4.34 Å². The molecule has 0 aromatic carbocycles. The number of hydrogen-bond donors (Lipinski definition) is 1. The Morgan fingerprint density at radius 2 is 2.00 bits per heavy atom.